The second kappa shape index (κ2) is 10.6. The predicted octanol–water partition coefficient (Wildman–Crippen LogP) is 12.4. The number of nitrogens with zero attached hydrogens (tertiary/aromatic N) is 2. The molecule has 0 amide bonds. The van der Waals surface area contributed by atoms with Gasteiger partial charge >= 0.3 is 0 Å². The summed E-state index contributed by atoms with van der Waals surface area (Å²) in [4.78, 5) is 9.83. The summed E-state index contributed by atoms with van der Waals surface area (Å²) in [5, 5.41) is 12.2. The molecule has 0 aliphatic carbocycles. The number of rotatable bonds is 3. The van der Waals surface area contributed by atoms with Gasteiger partial charge in [0.15, 0.2) is 0 Å². The molecule has 0 N–H and O–H groups in total. The molecule has 8 aromatic carbocycles. The van der Waals surface area contributed by atoms with Gasteiger partial charge in [0.2, 0.25) is 0 Å². The summed E-state index contributed by atoms with van der Waals surface area (Å²) < 4.78 is 0. The molecule has 2 heteroatoms. The van der Waals surface area contributed by atoms with Gasteiger partial charge in [-0.15, -0.1) is 0 Å². The van der Waals surface area contributed by atoms with Crippen LogP contribution in [0.15, 0.2) is 170 Å². The van der Waals surface area contributed by atoms with Crippen molar-refractivity contribution in [3.63, 3.8) is 0 Å². The van der Waals surface area contributed by atoms with E-state index in [-0.39, 0.29) is 0 Å². The van der Waals surface area contributed by atoms with Gasteiger partial charge in [0.1, 0.15) is 0 Å². The molecule has 48 heavy (non-hydrogen) atoms. The predicted molar refractivity (Wildman–Crippen MR) is 203 cm³/mol. The van der Waals surface area contributed by atoms with Gasteiger partial charge in [-0.3, -0.25) is 4.98 Å². The van der Waals surface area contributed by atoms with Crippen LogP contribution in [0.4, 0.5) is 0 Å². The minimum atomic E-state index is 0.936. The molecule has 2 aromatic heterocycles. The Labute approximate surface area is 277 Å². The average molecular weight is 609 g/mol. The third-order valence-electron chi connectivity index (χ3n) is 9.88. The van der Waals surface area contributed by atoms with Crippen LogP contribution in [0, 0.1) is 0 Å². The van der Waals surface area contributed by atoms with E-state index in [1.807, 2.05) is 12.3 Å². The van der Waals surface area contributed by atoms with E-state index in [0.717, 1.165) is 33.1 Å². The Balaban J connectivity index is 1.16. The Morgan fingerprint density at radius 2 is 0.854 bits per heavy atom. The topological polar surface area (TPSA) is 25.8 Å². The fourth-order valence-corrected chi connectivity index (χ4v) is 7.59. The van der Waals surface area contributed by atoms with Crippen LogP contribution >= 0.6 is 0 Å². The third-order valence-corrected chi connectivity index (χ3v) is 9.88. The average Bonchev–Trinajstić information content (AvgIpc) is 3.17. The molecule has 0 fully saturated rings. The lowest BCUT2D eigenvalue weighted by Gasteiger charge is -2.15. The molecule has 0 saturated carbocycles. The first-order chi connectivity index (χ1) is 23.8. The summed E-state index contributed by atoms with van der Waals surface area (Å²) in [7, 11) is 0. The van der Waals surface area contributed by atoms with Crippen LogP contribution in [0.2, 0.25) is 0 Å². The lowest BCUT2D eigenvalue weighted by atomic mass is 9.88. The second-order valence-corrected chi connectivity index (χ2v) is 12.5. The molecule has 2 nitrogen and oxygen atoms in total. The summed E-state index contributed by atoms with van der Waals surface area (Å²) in [5.74, 6) is 0. The maximum Gasteiger partial charge on any atom is 0.0972 e. The molecule has 0 spiro atoms. The molecule has 0 bridgehead atoms. The molecule has 0 unspecified atom stereocenters. The summed E-state index contributed by atoms with van der Waals surface area (Å²) in [5.41, 5.74) is 8.89. The Morgan fingerprint density at radius 1 is 0.312 bits per heavy atom. The molecule has 0 saturated heterocycles. The van der Waals surface area contributed by atoms with Crippen molar-refractivity contribution in [2.45, 2.75) is 0 Å². The fourth-order valence-electron chi connectivity index (χ4n) is 7.59. The van der Waals surface area contributed by atoms with Crippen molar-refractivity contribution >= 4 is 64.9 Å². The molecule has 222 valence electrons. The molecule has 0 radical (unpaired) electrons. The first kappa shape index (κ1) is 26.8. The van der Waals surface area contributed by atoms with Gasteiger partial charge in [-0.25, -0.2) is 4.98 Å². The Bertz CT molecular complexity index is 2870. The maximum atomic E-state index is 5.16. The standard InChI is InChI=1S/C46H28N2/c1-2-9-29(10-3-1)34-23-24-35(37-13-5-4-12-36(34)37)32-18-21-40-41-22-19-33(28-43(41)39-15-7-6-14-38(39)42(40)27-32)44-25-20-31-17-16-30-11-8-26-47-45(30)46(31)48-44/h1-28H. The van der Waals surface area contributed by atoms with Crippen molar-refractivity contribution in [2.24, 2.45) is 0 Å². The SMILES string of the molecule is c1ccc(-c2ccc(-c3ccc4c5ccc(-c6ccc7ccc8cccnc8c7n6)cc5c5ccccc5c4c3)c3ccccc23)cc1. The molecule has 10 aromatic rings. The minimum Gasteiger partial charge on any atom is -0.254 e. The molecule has 0 aliphatic rings. The van der Waals surface area contributed by atoms with Crippen molar-refractivity contribution < 1.29 is 0 Å². The van der Waals surface area contributed by atoms with Crippen molar-refractivity contribution in [2.75, 3.05) is 0 Å². The van der Waals surface area contributed by atoms with E-state index in [2.05, 4.69) is 163 Å². The van der Waals surface area contributed by atoms with Crippen molar-refractivity contribution in [3.05, 3.63) is 170 Å². The van der Waals surface area contributed by atoms with E-state index in [1.165, 1.54) is 65.3 Å². The first-order valence-electron chi connectivity index (χ1n) is 16.4. The normalized spacial score (nSPS) is 11.8. The quantitative estimate of drug-likeness (QED) is 0.187. The molecule has 0 atom stereocenters. The zero-order chi connectivity index (χ0) is 31.6. The molecular weight excluding hydrogens is 581 g/mol. The van der Waals surface area contributed by atoms with Crippen molar-refractivity contribution in [3.8, 4) is 33.5 Å². The second-order valence-electron chi connectivity index (χ2n) is 12.5. The van der Waals surface area contributed by atoms with Crippen LogP contribution in [-0.2, 0) is 0 Å². The lowest BCUT2D eigenvalue weighted by Crippen LogP contribution is -1.90. The van der Waals surface area contributed by atoms with E-state index in [1.54, 1.807) is 0 Å². The van der Waals surface area contributed by atoms with Crippen molar-refractivity contribution in [1.29, 1.82) is 0 Å². The number of benzene rings is 8. The van der Waals surface area contributed by atoms with E-state index in [4.69, 9.17) is 4.98 Å². The highest BCUT2D eigenvalue weighted by Crippen LogP contribution is 2.41. The molecule has 2 heterocycles. The van der Waals surface area contributed by atoms with Gasteiger partial charge < -0.3 is 0 Å². The zero-order valence-electron chi connectivity index (χ0n) is 26.1. The Hall–Kier alpha value is -6.38. The third kappa shape index (κ3) is 4.13. The van der Waals surface area contributed by atoms with Gasteiger partial charge in [0.05, 0.1) is 16.7 Å². The largest absolute Gasteiger partial charge is 0.254 e. The highest BCUT2D eigenvalue weighted by Gasteiger charge is 2.14. The number of hydrogen-bond donors (Lipinski definition) is 0. The maximum absolute atomic E-state index is 5.16. The van der Waals surface area contributed by atoms with Crippen LogP contribution < -0.4 is 0 Å². The van der Waals surface area contributed by atoms with Gasteiger partial charge in [-0.05, 0) is 89.6 Å². The number of hydrogen-bond acceptors (Lipinski definition) is 2. The Morgan fingerprint density at radius 3 is 1.56 bits per heavy atom. The summed E-state index contributed by atoms with van der Waals surface area (Å²) in [6.07, 6.45) is 1.84. The zero-order valence-corrected chi connectivity index (χ0v) is 26.1. The highest BCUT2D eigenvalue weighted by atomic mass is 14.7. The van der Waals surface area contributed by atoms with Gasteiger partial charge in [0, 0.05) is 22.5 Å². The van der Waals surface area contributed by atoms with E-state index < -0.39 is 0 Å². The van der Waals surface area contributed by atoms with E-state index >= 15 is 0 Å². The summed E-state index contributed by atoms with van der Waals surface area (Å²) >= 11 is 0. The monoisotopic (exact) mass is 608 g/mol. The van der Waals surface area contributed by atoms with Gasteiger partial charge in [-0.1, -0.05) is 140 Å². The van der Waals surface area contributed by atoms with E-state index in [0.29, 0.717) is 0 Å². The van der Waals surface area contributed by atoms with E-state index in [9.17, 15) is 0 Å². The summed E-state index contributed by atoms with van der Waals surface area (Å²) in [6.45, 7) is 0. The van der Waals surface area contributed by atoms with Gasteiger partial charge in [-0.2, -0.15) is 0 Å². The van der Waals surface area contributed by atoms with Crippen LogP contribution in [0.1, 0.15) is 0 Å². The highest BCUT2D eigenvalue weighted by molar-refractivity contribution is 6.26. The Kier molecular flexibility index (Phi) is 5.91. The number of aromatic nitrogens is 2. The number of pyridine rings is 2. The van der Waals surface area contributed by atoms with Crippen LogP contribution in [-0.4, -0.2) is 9.97 Å². The van der Waals surface area contributed by atoms with Crippen LogP contribution in [0.5, 0.6) is 0 Å². The van der Waals surface area contributed by atoms with Crippen LogP contribution in [0.25, 0.3) is 98.4 Å². The lowest BCUT2D eigenvalue weighted by molar-refractivity contribution is 1.37. The number of fused-ring (bicyclic) bond motifs is 10. The smallest absolute Gasteiger partial charge is 0.0972 e. The van der Waals surface area contributed by atoms with Crippen molar-refractivity contribution in [1.82, 2.24) is 9.97 Å². The molecular formula is C46H28N2. The van der Waals surface area contributed by atoms with Crippen LogP contribution in [0.3, 0.4) is 0 Å². The molecule has 0 aliphatic heterocycles. The fraction of sp³-hybridized carbons (Fsp3) is 0. The summed E-state index contributed by atoms with van der Waals surface area (Å²) in [6, 6.07) is 59.2. The molecule has 10 rings (SSSR count). The minimum absolute atomic E-state index is 0.936. The van der Waals surface area contributed by atoms with Gasteiger partial charge in [0.25, 0.3) is 0 Å². The first-order valence-corrected chi connectivity index (χ1v) is 16.4.